The second-order valence-corrected chi connectivity index (χ2v) is 7.56. The highest BCUT2D eigenvalue weighted by atomic mass is 14.3. The molecule has 1 radical (unpaired) electrons. The Bertz CT molecular complexity index is 708. The third-order valence-electron chi connectivity index (χ3n) is 5.63. The van der Waals surface area contributed by atoms with Crippen molar-refractivity contribution in [2.75, 3.05) is 0 Å². The van der Waals surface area contributed by atoms with Crippen molar-refractivity contribution >= 4 is 0 Å². The van der Waals surface area contributed by atoms with Gasteiger partial charge in [-0.1, -0.05) is 64.3 Å². The Morgan fingerprint density at radius 1 is 0.800 bits per heavy atom. The van der Waals surface area contributed by atoms with Crippen LogP contribution >= 0.6 is 0 Å². The third-order valence-corrected chi connectivity index (χ3v) is 5.63. The van der Waals surface area contributed by atoms with Gasteiger partial charge in [0, 0.05) is 0 Å². The molecule has 0 aromatic heterocycles. The lowest BCUT2D eigenvalue weighted by atomic mass is 9.84. The van der Waals surface area contributed by atoms with Crippen LogP contribution in [-0.2, 0) is 25.7 Å². The molecule has 0 unspecified atom stereocenters. The van der Waals surface area contributed by atoms with Gasteiger partial charge in [0.05, 0.1) is 0 Å². The number of benzene rings is 2. The van der Waals surface area contributed by atoms with Crippen molar-refractivity contribution in [1.29, 1.82) is 0 Å². The molecule has 1 aliphatic carbocycles. The van der Waals surface area contributed by atoms with E-state index in [1.54, 1.807) is 16.7 Å². The van der Waals surface area contributed by atoms with Crippen molar-refractivity contribution in [3.63, 3.8) is 0 Å². The van der Waals surface area contributed by atoms with E-state index in [0.29, 0.717) is 0 Å². The van der Waals surface area contributed by atoms with E-state index in [9.17, 15) is 0 Å². The molecule has 0 bridgehead atoms. The fourth-order valence-electron chi connectivity index (χ4n) is 4.25. The standard InChI is InChI=1S/C25H33/c1-4-7-12-19-17-21-18-20-13-10-11-16-23(20)25(21)24(15-9-6-3)22(19)14-8-5-2/h10-11,13,16H,4-9,12,14-15,18H2,1-3H3. The molecule has 0 atom stereocenters. The van der Waals surface area contributed by atoms with Crippen molar-refractivity contribution < 1.29 is 0 Å². The Labute approximate surface area is 154 Å². The maximum atomic E-state index is 3.90. The fraction of sp³-hybridized carbons (Fsp3) is 0.520. The molecule has 3 rings (SSSR count). The molecule has 0 amide bonds. The molecule has 0 nitrogen and oxygen atoms in total. The first-order valence-corrected chi connectivity index (χ1v) is 10.5. The Kier molecular flexibility index (Phi) is 6.34. The van der Waals surface area contributed by atoms with E-state index in [-0.39, 0.29) is 0 Å². The maximum absolute atomic E-state index is 3.90. The van der Waals surface area contributed by atoms with Crippen LogP contribution in [0.5, 0.6) is 0 Å². The molecule has 0 aliphatic heterocycles. The smallest absolute Gasteiger partial charge is 0.000707 e. The largest absolute Gasteiger partial charge is 0.0654 e. The zero-order chi connectivity index (χ0) is 17.6. The summed E-state index contributed by atoms with van der Waals surface area (Å²) in [6.45, 7) is 6.92. The van der Waals surface area contributed by atoms with Gasteiger partial charge in [-0.2, -0.15) is 0 Å². The highest BCUT2D eigenvalue weighted by Crippen LogP contribution is 2.42. The average molecular weight is 334 g/mol. The zero-order valence-corrected chi connectivity index (χ0v) is 16.4. The van der Waals surface area contributed by atoms with Gasteiger partial charge < -0.3 is 0 Å². The molecule has 0 heterocycles. The molecule has 0 heteroatoms. The molecule has 0 saturated carbocycles. The summed E-state index contributed by atoms with van der Waals surface area (Å²) in [5.74, 6) is 0. The van der Waals surface area contributed by atoms with Crippen molar-refractivity contribution in [2.45, 2.75) is 85.0 Å². The van der Waals surface area contributed by atoms with Gasteiger partial charge in [0.2, 0.25) is 0 Å². The fourth-order valence-corrected chi connectivity index (χ4v) is 4.25. The Morgan fingerprint density at radius 2 is 1.44 bits per heavy atom. The van der Waals surface area contributed by atoms with Gasteiger partial charge in [0.15, 0.2) is 0 Å². The van der Waals surface area contributed by atoms with Crippen molar-refractivity contribution in [1.82, 2.24) is 0 Å². The van der Waals surface area contributed by atoms with Gasteiger partial charge in [0.1, 0.15) is 0 Å². The average Bonchev–Trinajstić information content (AvgIpc) is 3.01. The van der Waals surface area contributed by atoms with Crippen LogP contribution in [0.25, 0.3) is 11.1 Å². The van der Waals surface area contributed by atoms with E-state index in [1.807, 2.05) is 0 Å². The van der Waals surface area contributed by atoms with Crippen LogP contribution < -0.4 is 0 Å². The zero-order valence-electron chi connectivity index (χ0n) is 16.4. The van der Waals surface area contributed by atoms with Crippen LogP contribution in [-0.4, -0.2) is 0 Å². The molecular formula is C25H33. The lowest BCUT2D eigenvalue weighted by Crippen LogP contribution is -2.05. The molecule has 0 N–H and O–H groups in total. The topological polar surface area (TPSA) is 0 Å². The Balaban J connectivity index is 2.13. The quantitative estimate of drug-likeness (QED) is 0.392. The minimum atomic E-state index is 1.08. The van der Waals surface area contributed by atoms with Crippen LogP contribution in [0.4, 0.5) is 0 Å². The van der Waals surface area contributed by atoms with E-state index in [1.165, 1.54) is 80.0 Å². The van der Waals surface area contributed by atoms with Crippen molar-refractivity contribution in [3.05, 3.63) is 58.1 Å². The van der Waals surface area contributed by atoms with Gasteiger partial charge in [0.25, 0.3) is 0 Å². The molecule has 1 aliphatic rings. The molecule has 133 valence electrons. The number of hydrogen-bond donors (Lipinski definition) is 0. The maximum Gasteiger partial charge on any atom is -0.000707 e. The minimum absolute atomic E-state index is 1.08. The SMILES string of the molecule is CCCCc1[c]c2c(c(CCCC)c1CCCC)-c1ccccc1C2. The van der Waals surface area contributed by atoms with Crippen LogP contribution in [0.15, 0.2) is 24.3 Å². The first-order valence-electron chi connectivity index (χ1n) is 10.5. The summed E-state index contributed by atoms with van der Waals surface area (Å²) >= 11 is 0. The molecule has 0 fully saturated rings. The van der Waals surface area contributed by atoms with Gasteiger partial charge >= 0.3 is 0 Å². The summed E-state index contributed by atoms with van der Waals surface area (Å²) in [5.41, 5.74) is 10.9. The van der Waals surface area contributed by atoms with Gasteiger partial charge in [-0.25, -0.2) is 0 Å². The van der Waals surface area contributed by atoms with E-state index < -0.39 is 0 Å². The summed E-state index contributed by atoms with van der Waals surface area (Å²) in [4.78, 5) is 0. The molecule has 0 spiro atoms. The third kappa shape index (κ3) is 3.84. The van der Waals surface area contributed by atoms with Crippen molar-refractivity contribution in [2.24, 2.45) is 0 Å². The Hall–Kier alpha value is -1.56. The lowest BCUT2D eigenvalue weighted by molar-refractivity contribution is 0.734. The van der Waals surface area contributed by atoms with Crippen LogP contribution in [0, 0.1) is 6.07 Å². The summed E-state index contributed by atoms with van der Waals surface area (Å²) < 4.78 is 0. The number of unbranched alkanes of at least 4 members (excludes halogenated alkanes) is 3. The van der Waals surface area contributed by atoms with E-state index in [2.05, 4.69) is 51.1 Å². The highest BCUT2D eigenvalue weighted by Gasteiger charge is 2.25. The summed E-state index contributed by atoms with van der Waals surface area (Å²) in [6, 6.07) is 12.9. The van der Waals surface area contributed by atoms with E-state index >= 15 is 0 Å². The minimum Gasteiger partial charge on any atom is -0.0654 e. The number of fused-ring (bicyclic) bond motifs is 3. The normalized spacial score (nSPS) is 12.3. The molecule has 25 heavy (non-hydrogen) atoms. The predicted molar refractivity (Wildman–Crippen MR) is 109 cm³/mol. The van der Waals surface area contributed by atoms with E-state index in [4.69, 9.17) is 0 Å². The van der Waals surface area contributed by atoms with Crippen molar-refractivity contribution in [3.8, 4) is 11.1 Å². The van der Waals surface area contributed by atoms with Gasteiger partial charge in [-0.15, -0.1) is 0 Å². The van der Waals surface area contributed by atoms with E-state index in [0.717, 1.165) is 6.42 Å². The summed E-state index contributed by atoms with van der Waals surface area (Å²) in [7, 11) is 0. The van der Waals surface area contributed by atoms with Crippen LogP contribution in [0.2, 0.25) is 0 Å². The summed E-state index contributed by atoms with van der Waals surface area (Å²) in [5, 5.41) is 0. The molecule has 2 aromatic carbocycles. The lowest BCUT2D eigenvalue weighted by Gasteiger charge is -2.20. The second kappa shape index (κ2) is 8.70. The Morgan fingerprint density at radius 3 is 2.16 bits per heavy atom. The molecule has 2 aromatic rings. The predicted octanol–water partition coefficient (Wildman–Crippen LogP) is 7.09. The number of rotatable bonds is 9. The number of hydrogen-bond acceptors (Lipinski definition) is 0. The first-order chi connectivity index (χ1) is 12.3. The van der Waals surface area contributed by atoms with Crippen LogP contribution in [0.3, 0.4) is 0 Å². The molecular weight excluding hydrogens is 300 g/mol. The number of aryl methyl sites for hydroxylation is 1. The van der Waals surface area contributed by atoms with Gasteiger partial charge in [-0.3, -0.25) is 0 Å². The van der Waals surface area contributed by atoms with Gasteiger partial charge in [-0.05, 0) is 90.0 Å². The summed E-state index contributed by atoms with van der Waals surface area (Å²) in [6.07, 6.45) is 12.5. The second-order valence-electron chi connectivity index (χ2n) is 7.56. The monoisotopic (exact) mass is 333 g/mol. The highest BCUT2D eigenvalue weighted by molar-refractivity contribution is 5.81. The molecule has 0 saturated heterocycles. The first kappa shape index (κ1) is 18.2. The van der Waals surface area contributed by atoms with Crippen LogP contribution in [0.1, 0.15) is 87.1 Å².